The zero-order valence-electron chi connectivity index (χ0n) is 9.61. The Bertz CT molecular complexity index is 608. The molecule has 0 amide bonds. The Morgan fingerprint density at radius 1 is 0.833 bits per heavy atom. The van der Waals surface area contributed by atoms with Gasteiger partial charge in [-0.2, -0.15) is 8.42 Å². The molecule has 18 heavy (non-hydrogen) atoms. The average Bonchev–Trinajstić information content (AvgIpc) is 2.41. The van der Waals surface area contributed by atoms with Crippen LogP contribution < -0.4 is 0 Å². The predicted octanol–water partition coefficient (Wildman–Crippen LogP) is 2.29. The van der Waals surface area contributed by atoms with Crippen LogP contribution in [-0.2, 0) is 19.0 Å². The maximum atomic E-state index is 12.1. The van der Waals surface area contributed by atoms with E-state index in [-0.39, 0.29) is 6.61 Å². The Hall–Kier alpha value is -1.65. The number of rotatable bonds is 2. The minimum atomic E-state index is -3.59. The van der Waals surface area contributed by atoms with E-state index in [1.807, 2.05) is 60.7 Å². The molecule has 1 aliphatic heterocycles. The molecular formula is C14H12O3S. The third kappa shape index (κ3) is 1.43. The van der Waals surface area contributed by atoms with Crippen LogP contribution in [0.4, 0.5) is 0 Å². The van der Waals surface area contributed by atoms with E-state index >= 15 is 0 Å². The van der Waals surface area contributed by atoms with E-state index in [0.29, 0.717) is 0 Å². The van der Waals surface area contributed by atoms with Gasteiger partial charge in [0, 0.05) is 0 Å². The van der Waals surface area contributed by atoms with Gasteiger partial charge in [-0.3, -0.25) is 4.18 Å². The summed E-state index contributed by atoms with van der Waals surface area (Å²) in [6, 6.07) is 18.4. The van der Waals surface area contributed by atoms with E-state index in [1.165, 1.54) is 0 Å². The van der Waals surface area contributed by atoms with Gasteiger partial charge in [0.1, 0.15) is 0 Å². The van der Waals surface area contributed by atoms with Crippen molar-refractivity contribution in [1.29, 1.82) is 0 Å². The first-order valence-electron chi connectivity index (χ1n) is 5.67. The van der Waals surface area contributed by atoms with Gasteiger partial charge < -0.3 is 0 Å². The normalized spacial score (nSPS) is 20.0. The van der Waals surface area contributed by atoms with Crippen molar-refractivity contribution in [3.63, 3.8) is 0 Å². The Morgan fingerprint density at radius 3 is 1.56 bits per heavy atom. The van der Waals surface area contributed by atoms with E-state index in [1.54, 1.807) is 0 Å². The molecule has 2 aromatic carbocycles. The molecule has 0 saturated carbocycles. The lowest BCUT2D eigenvalue weighted by atomic mass is 9.91. The van der Waals surface area contributed by atoms with Gasteiger partial charge in [-0.1, -0.05) is 60.7 Å². The zero-order chi connectivity index (χ0) is 12.6. The fourth-order valence-electron chi connectivity index (χ4n) is 2.31. The molecule has 92 valence electrons. The lowest BCUT2D eigenvalue weighted by Crippen LogP contribution is -2.52. The zero-order valence-corrected chi connectivity index (χ0v) is 10.4. The largest absolute Gasteiger partial charge is 0.284 e. The molecule has 0 atom stereocenters. The molecule has 0 aromatic heterocycles. The van der Waals surface area contributed by atoms with Crippen molar-refractivity contribution >= 4 is 10.1 Å². The third-order valence-electron chi connectivity index (χ3n) is 3.32. The molecule has 0 spiro atoms. The second kappa shape index (κ2) is 3.93. The molecular weight excluding hydrogens is 248 g/mol. The molecule has 1 fully saturated rings. The number of hydrogen-bond donors (Lipinski definition) is 0. The minimum Gasteiger partial charge on any atom is -0.267 e. The first-order chi connectivity index (χ1) is 8.67. The average molecular weight is 260 g/mol. The first-order valence-corrected chi connectivity index (χ1v) is 7.08. The maximum absolute atomic E-state index is 12.1. The quantitative estimate of drug-likeness (QED) is 0.778. The molecule has 0 radical (unpaired) electrons. The van der Waals surface area contributed by atoms with Crippen molar-refractivity contribution in [2.75, 3.05) is 6.61 Å². The summed E-state index contributed by atoms with van der Waals surface area (Å²) in [6.45, 7) is 0.170. The molecule has 3 rings (SSSR count). The van der Waals surface area contributed by atoms with Gasteiger partial charge in [-0.05, 0) is 11.1 Å². The summed E-state index contributed by atoms with van der Waals surface area (Å²) in [5.74, 6) is 0. The fraction of sp³-hybridized carbons (Fsp3) is 0.143. The molecule has 0 bridgehead atoms. The van der Waals surface area contributed by atoms with E-state index in [0.717, 1.165) is 11.1 Å². The van der Waals surface area contributed by atoms with Crippen LogP contribution in [0.25, 0.3) is 0 Å². The van der Waals surface area contributed by atoms with Crippen molar-refractivity contribution in [1.82, 2.24) is 0 Å². The van der Waals surface area contributed by atoms with Crippen LogP contribution in [0.2, 0.25) is 0 Å². The molecule has 3 nitrogen and oxygen atoms in total. The summed E-state index contributed by atoms with van der Waals surface area (Å²) >= 11 is 0. The van der Waals surface area contributed by atoms with Crippen molar-refractivity contribution in [3.05, 3.63) is 71.8 Å². The van der Waals surface area contributed by atoms with Gasteiger partial charge >= 0.3 is 0 Å². The Labute approximate surface area is 106 Å². The molecule has 2 aromatic rings. The van der Waals surface area contributed by atoms with Gasteiger partial charge in [-0.15, -0.1) is 0 Å². The second-order valence-corrected chi connectivity index (χ2v) is 6.12. The smallest absolute Gasteiger partial charge is 0.267 e. The lowest BCUT2D eigenvalue weighted by Gasteiger charge is -2.40. The molecule has 1 aliphatic rings. The van der Waals surface area contributed by atoms with Gasteiger partial charge in [0.15, 0.2) is 4.75 Å². The minimum absolute atomic E-state index is 0.170. The van der Waals surface area contributed by atoms with Gasteiger partial charge in [-0.25, -0.2) is 0 Å². The predicted molar refractivity (Wildman–Crippen MR) is 68.5 cm³/mol. The van der Waals surface area contributed by atoms with Crippen LogP contribution in [0.15, 0.2) is 60.7 Å². The maximum Gasteiger partial charge on any atom is 0.284 e. The topological polar surface area (TPSA) is 43.4 Å². The van der Waals surface area contributed by atoms with Crippen LogP contribution >= 0.6 is 0 Å². The summed E-state index contributed by atoms with van der Waals surface area (Å²) in [5.41, 5.74) is 1.50. The summed E-state index contributed by atoms with van der Waals surface area (Å²) in [4.78, 5) is 0. The highest BCUT2D eigenvalue weighted by Gasteiger charge is 2.56. The van der Waals surface area contributed by atoms with E-state index in [4.69, 9.17) is 4.18 Å². The van der Waals surface area contributed by atoms with Crippen molar-refractivity contribution in [3.8, 4) is 0 Å². The second-order valence-electron chi connectivity index (χ2n) is 4.28. The highest BCUT2D eigenvalue weighted by atomic mass is 32.2. The Kier molecular flexibility index (Phi) is 2.50. The van der Waals surface area contributed by atoms with E-state index < -0.39 is 14.9 Å². The summed E-state index contributed by atoms with van der Waals surface area (Å²) in [6.07, 6.45) is 0. The van der Waals surface area contributed by atoms with Crippen molar-refractivity contribution in [2.45, 2.75) is 4.75 Å². The van der Waals surface area contributed by atoms with Gasteiger partial charge in [0.25, 0.3) is 10.1 Å². The van der Waals surface area contributed by atoms with E-state index in [2.05, 4.69) is 0 Å². The summed E-state index contributed by atoms with van der Waals surface area (Å²) in [5, 5.41) is 0. The standard InChI is InChI=1S/C14H12O3S/c15-18(16)14(11-17-18,12-7-3-1-4-8-12)13-9-5-2-6-10-13/h1-10H,11H2. The molecule has 4 heteroatoms. The van der Waals surface area contributed by atoms with Crippen molar-refractivity contribution < 1.29 is 12.6 Å². The highest BCUT2D eigenvalue weighted by Crippen LogP contribution is 2.45. The highest BCUT2D eigenvalue weighted by molar-refractivity contribution is 7.89. The van der Waals surface area contributed by atoms with Crippen molar-refractivity contribution in [2.24, 2.45) is 0 Å². The summed E-state index contributed by atoms with van der Waals surface area (Å²) < 4.78 is 28.0. The van der Waals surface area contributed by atoms with Crippen LogP contribution in [0.1, 0.15) is 11.1 Å². The first kappa shape index (κ1) is 11.4. The number of hydrogen-bond acceptors (Lipinski definition) is 3. The Balaban J connectivity index is 2.25. The van der Waals surface area contributed by atoms with Gasteiger partial charge in [0.05, 0.1) is 6.61 Å². The molecule has 1 saturated heterocycles. The Morgan fingerprint density at radius 2 is 1.28 bits per heavy atom. The molecule has 0 unspecified atom stereocenters. The lowest BCUT2D eigenvalue weighted by molar-refractivity contribution is 0.205. The summed E-state index contributed by atoms with van der Waals surface area (Å²) in [7, 11) is -3.59. The molecule has 0 N–H and O–H groups in total. The van der Waals surface area contributed by atoms with Gasteiger partial charge in [0.2, 0.25) is 0 Å². The molecule has 1 heterocycles. The SMILES string of the molecule is O=S1(=O)OCC1(c1ccccc1)c1ccccc1. The molecule has 0 aliphatic carbocycles. The third-order valence-corrected chi connectivity index (χ3v) is 5.20. The van der Waals surface area contributed by atoms with Crippen LogP contribution in [0.5, 0.6) is 0 Å². The van der Waals surface area contributed by atoms with Crippen LogP contribution in [-0.4, -0.2) is 15.0 Å². The van der Waals surface area contributed by atoms with Crippen LogP contribution in [0.3, 0.4) is 0 Å². The monoisotopic (exact) mass is 260 g/mol. The number of benzene rings is 2. The van der Waals surface area contributed by atoms with E-state index in [9.17, 15) is 8.42 Å². The van der Waals surface area contributed by atoms with Crippen LogP contribution in [0, 0.1) is 0 Å². The fourth-order valence-corrected chi connectivity index (χ4v) is 3.71.